The van der Waals surface area contributed by atoms with Crippen LogP contribution in [0.4, 0.5) is 4.79 Å². The summed E-state index contributed by atoms with van der Waals surface area (Å²) in [5.41, 5.74) is 1.09. The molecule has 98 valence electrons. The van der Waals surface area contributed by atoms with Crippen molar-refractivity contribution in [3.63, 3.8) is 0 Å². The predicted octanol–water partition coefficient (Wildman–Crippen LogP) is 2.00. The molecular formula is C13H18BrN3O. The first-order valence-electron chi connectivity index (χ1n) is 6.23. The average Bonchev–Trinajstić information content (AvgIpc) is 2.38. The van der Waals surface area contributed by atoms with Crippen molar-refractivity contribution in [1.82, 2.24) is 16.0 Å². The van der Waals surface area contributed by atoms with Crippen molar-refractivity contribution in [1.29, 1.82) is 0 Å². The van der Waals surface area contributed by atoms with Gasteiger partial charge in [0.1, 0.15) is 0 Å². The fourth-order valence-electron chi connectivity index (χ4n) is 2.03. The maximum Gasteiger partial charge on any atom is 0.315 e. The van der Waals surface area contributed by atoms with Gasteiger partial charge in [-0.25, -0.2) is 4.79 Å². The lowest BCUT2D eigenvalue weighted by Gasteiger charge is -2.23. The molecule has 2 rings (SSSR count). The Morgan fingerprint density at radius 1 is 1.39 bits per heavy atom. The Labute approximate surface area is 116 Å². The minimum absolute atomic E-state index is 0.0816. The van der Waals surface area contributed by atoms with E-state index in [9.17, 15) is 4.79 Å². The molecule has 0 atom stereocenters. The van der Waals surface area contributed by atoms with E-state index in [1.807, 2.05) is 24.3 Å². The molecule has 1 aliphatic heterocycles. The summed E-state index contributed by atoms with van der Waals surface area (Å²) in [5, 5.41) is 9.16. The maximum absolute atomic E-state index is 11.7. The molecular weight excluding hydrogens is 294 g/mol. The standard InChI is InChI=1S/C13H18BrN3O/c14-11-3-1-2-10(8-11)9-16-13(18)17-12-4-6-15-7-5-12/h1-3,8,12,15H,4-7,9H2,(H2,16,17,18). The Morgan fingerprint density at radius 3 is 2.89 bits per heavy atom. The van der Waals surface area contributed by atoms with Crippen molar-refractivity contribution >= 4 is 22.0 Å². The number of urea groups is 1. The van der Waals surface area contributed by atoms with Crippen LogP contribution in [-0.4, -0.2) is 25.2 Å². The Hall–Kier alpha value is -1.07. The molecule has 1 aliphatic rings. The minimum Gasteiger partial charge on any atom is -0.335 e. The zero-order chi connectivity index (χ0) is 12.8. The maximum atomic E-state index is 11.7. The molecule has 1 saturated heterocycles. The van der Waals surface area contributed by atoms with Crippen LogP contribution >= 0.6 is 15.9 Å². The van der Waals surface area contributed by atoms with E-state index >= 15 is 0 Å². The molecule has 0 spiro atoms. The zero-order valence-corrected chi connectivity index (χ0v) is 11.8. The second kappa shape index (κ2) is 6.75. The van der Waals surface area contributed by atoms with Gasteiger partial charge in [0.15, 0.2) is 0 Å². The number of carbonyl (C=O) groups is 1. The number of benzene rings is 1. The van der Waals surface area contributed by atoms with E-state index in [0.717, 1.165) is 36.0 Å². The molecule has 0 bridgehead atoms. The van der Waals surface area contributed by atoms with Crippen LogP contribution in [0.25, 0.3) is 0 Å². The fourth-order valence-corrected chi connectivity index (χ4v) is 2.48. The van der Waals surface area contributed by atoms with Gasteiger partial charge in [0.2, 0.25) is 0 Å². The van der Waals surface area contributed by atoms with Crippen LogP contribution in [0, 0.1) is 0 Å². The number of amides is 2. The van der Waals surface area contributed by atoms with Gasteiger partial charge >= 0.3 is 6.03 Å². The first-order chi connectivity index (χ1) is 8.74. The lowest BCUT2D eigenvalue weighted by atomic mass is 10.1. The molecule has 1 heterocycles. The van der Waals surface area contributed by atoms with Gasteiger partial charge in [-0.15, -0.1) is 0 Å². The number of nitrogens with one attached hydrogen (secondary N) is 3. The summed E-state index contributed by atoms with van der Waals surface area (Å²) in [6.45, 7) is 2.52. The van der Waals surface area contributed by atoms with Gasteiger partial charge in [0, 0.05) is 17.1 Å². The third-order valence-electron chi connectivity index (χ3n) is 3.02. The fraction of sp³-hybridized carbons (Fsp3) is 0.462. The number of piperidine rings is 1. The molecule has 0 aromatic heterocycles. The first kappa shape index (κ1) is 13.4. The second-order valence-electron chi connectivity index (χ2n) is 4.48. The summed E-state index contributed by atoms with van der Waals surface area (Å²) in [6, 6.07) is 8.15. The molecule has 0 aliphatic carbocycles. The van der Waals surface area contributed by atoms with Gasteiger partial charge < -0.3 is 16.0 Å². The van der Waals surface area contributed by atoms with Crippen molar-refractivity contribution in [3.8, 4) is 0 Å². The normalized spacial score (nSPS) is 16.3. The van der Waals surface area contributed by atoms with Crippen LogP contribution in [0.2, 0.25) is 0 Å². The van der Waals surface area contributed by atoms with Gasteiger partial charge in [-0.05, 0) is 43.6 Å². The van der Waals surface area contributed by atoms with E-state index in [-0.39, 0.29) is 6.03 Å². The molecule has 1 aromatic carbocycles. The Morgan fingerprint density at radius 2 is 2.17 bits per heavy atom. The quantitative estimate of drug-likeness (QED) is 0.799. The van der Waals surface area contributed by atoms with Crippen molar-refractivity contribution in [2.75, 3.05) is 13.1 Å². The average molecular weight is 312 g/mol. The number of hydrogen-bond acceptors (Lipinski definition) is 2. The van der Waals surface area contributed by atoms with Crippen LogP contribution < -0.4 is 16.0 Å². The van der Waals surface area contributed by atoms with Crippen LogP contribution in [-0.2, 0) is 6.54 Å². The van der Waals surface area contributed by atoms with Gasteiger partial charge in [-0.3, -0.25) is 0 Å². The topological polar surface area (TPSA) is 53.2 Å². The highest BCUT2D eigenvalue weighted by Gasteiger charge is 2.14. The molecule has 2 amide bonds. The van der Waals surface area contributed by atoms with E-state index in [1.165, 1.54) is 0 Å². The van der Waals surface area contributed by atoms with Gasteiger partial charge in [-0.2, -0.15) is 0 Å². The molecule has 0 saturated carbocycles. The van der Waals surface area contributed by atoms with Crippen molar-refractivity contribution in [3.05, 3.63) is 34.3 Å². The number of rotatable bonds is 3. The summed E-state index contributed by atoms with van der Waals surface area (Å²) < 4.78 is 1.03. The number of hydrogen-bond donors (Lipinski definition) is 3. The van der Waals surface area contributed by atoms with Crippen LogP contribution in [0.15, 0.2) is 28.7 Å². The molecule has 1 aromatic rings. The lowest BCUT2D eigenvalue weighted by molar-refractivity contribution is 0.233. The van der Waals surface area contributed by atoms with Gasteiger partial charge in [0.05, 0.1) is 0 Å². The third kappa shape index (κ3) is 4.31. The van der Waals surface area contributed by atoms with Crippen LogP contribution in [0.3, 0.4) is 0 Å². The number of carbonyl (C=O) groups excluding carboxylic acids is 1. The van der Waals surface area contributed by atoms with Crippen LogP contribution in [0.1, 0.15) is 18.4 Å². The second-order valence-corrected chi connectivity index (χ2v) is 5.40. The highest BCUT2D eigenvalue weighted by molar-refractivity contribution is 9.10. The predicted molar refractivity (Wildman–Crippen MR) is 75.4 cm³/mol. The van der Waals surface area contributed by atoms with Gasteiger partial charge in [-0.1, -0.05) is 28.1 Å². The van der Waals surface area contributed by atoms with E-state index in [0.29, 0.717) is 12.6 Å². The van der Waals surface area contributed by atoms with E-state index in [2.05, 4.69) is 31.9 Å². The monoisotopic (exact) mass is 311 g/mol. The molecule has 1 fully saturated rings. The Balaban J connectivity index is 1.74. The Kier molecular flexibility index (Phi) is 5.01. The van der Waals surface area contributed by atoms with E-state index in [4.69, 9.17) is 0 Å². The van der Waals surface area contributed by atoms with Crippen molar-refractivity contribution < 1.29 is 4.79 Å². The Bertz CT molecular complexity index is 405. The number of halogens is 1. The molecule has 4 nitrogen and oxygen atoms in total. The van der Waals surface area contributed by atoms with Crippen molar-refractivity contribution in [2.24, 2.45) is 0 Å². The summed E-state index contributed by atoms with van der Waals surface area (Å²) in [7, 11) is 0. The SMILES string of the molecule is O=C(NCc1cccc(Br)c1)NC1CCNCC1. The van der Waals surface area contributed by atoms with E-state index in [1.54, 1.807) is 0 Å². The highest BCUT2D eigenvalue weighted by Crippen LogP contribution is 2.11. The highest BCUT2D eigenvalue weighted by atomic mass is 79.9. The third-order valence-corrected chi connectivity index (χ3v) is 3.51. The summed E-state index contributed by atoms with van der Waals surface area (Å²) in [5.74, 6) is 0. The molecule has 5 heteroatoms. The molecule has 3 N–H and O–H groups in total. The van der Waals surface area contributed by atoms with E-state index < -0.39 is 0 Å². The smallest absolute Gasteiger partial charge is 0.315 e. The zero-order valence-electron chi connectivity index (χ0n) is 10.2. The van der Waals surface area contributed by atoms with Crippen molar-refractivity contribution in [2.45, 2.75) is 25.4 Å². The summed E-state index contributed by atoms with van der Waals surface area (Å²) >= 11 is 3.41. The minimum atomic E-state index is -0.0816. The largest absolute Gasteiger partial charge is 0.335 e. The van der Waals surface area contributed by atoms with Crippen LogP contribution in [0.5, 0.6) is 0 Å². The lowest BCUT2D eigenvalue weighted by Crippen LogP contribution is -2.46. The molecule has 0 unspecified atom stereocenters. The summed E-state index contributed by atoms with van der Waals surface area (Å²) in [6.07, 6.45) is 2.01. The van der Waals surface area contributed by atoms with Gasteiger partial charge in [0.25, 0.3) is 0 Å². The molecule has 0 radical (unpaired) electrons. The molecule has 18 heavy (non-hydrogen) atoms. The summed E-state index contributed by atoms with van der Waals surface area (Å²) in [4.78, 5) is 11.7. The first-order valence-corrected chi connectivity index (χ1v) is 7.03.